The van der Waals surface area contributed by atoms with Gasteiger partial charge in [-0.05, 0) is 51.9 Å². The molecule has 0 amide bonds. The number of furan rings is 1. The molecule has 31 heavy (non-hydrogen) atoms. The molecule has 0 fully saturated rings. The Hall–Kier alpha value is -3.43. The summed E-state index contributed by atoms with van der Waals surface area (Å²) >= 11 is 0. The summed E-state index contributed by atoms with van der Waals surface area (Å²) in [5, 5.41) is 8.67. The lowest BCUT2D eigenvalue weighted by atomic mass is 9.99. The molecule has 0 N–H and O–H groups in total. The van der Waals surface area contributed by atoms with Gasteiger partial charge >= 0.3 is 0 Å². The minimum Gasteiger partial charge on any atom is -0.455 e. The number of pyridine rings is 1. The third-order valence-corrected chi connectivity index (χ3v) is 8.31. The van der Waals surface area contributed by atoms with E-state index in [-0.39, 0.29) is 0 Å². The second-order valence-corrected chi connectivity index (χ2v) is 14.4. The molecule has 0 radical (unpaired) electrons. The van der Waals surface area contributed by atoms with Crippen molar-refractivity contribution in [3.05, 3.63) is 85.1 Å². The predicted octanol–water partition coefficient (Wildman–Crippen LogP) is 7.50. The van der Waals surface area contributed by atoms with Crippen LogP contribution in [-0.4, -0.2) is 13.1 Å². The van der Waals surface area contributed by atoms with Gasteiger partial charge in [0.25, 0.3) is 0 Å². The average molecular weight is 418 g/mol. The Bertz CT molecular complexity index is 1620. The van der Waals surface area contributed by atoms with Crippen molar-refractivity contribution < 1.29 is 4.42 Å². The number of rotatable bonds is 2. The van der Waals surface area contributed by atoms with Crippen molar-refractivity contribution >= 4 is 56.7 Å². The van der Waals surface area contributed by atoms with E-state index in [0.717, 1.165) is 33.2 Å². The molecule has 0 spiro atoms. The van der Waals surface area contributed by atoms with E-state index in [9.17, 15) is 0 Å². The van der Waals surface area contributed by atoms with E-state index in [1.165, 1.54) is 26.7 Å². The summed E-state index contributed by atoms with van der Waals surface area (Å²) in [5.41, 5.74) is 3.88. The lowest BCUT2D eigenvalue weighted by Crippen LogP contribution is -2.37. The molecule has 0 aliphatic heterocycles. The van der Waals surface area contributed by atoms with E-state index in [1.807, 2.05) is 6.20 Å². The molecule has 4 aromatic carbocycles. The average Bonchev–Trinajstić information content (AvgIpc) is 3.15. The Kier molecular flexibility index (Phi) is 3.86. The van der Waals surface area contributed by atoms with Crippen LogP contribution in [0, 0.1) is 0 Å². The highest BCUT2D eigenvalue weighted by Gasteiger charge is 2.19. The maximum Gasteiger partial charge on any atom is 0.144 e. The van der Waals surface area contributed by atoms with Crippen LogP contribution >= 0.6 is 0 Å². The fourth-order valence-corrected chi connectivity index (χ4v) is 5.69. The molecule has 2 heterocycles. The van der Waals surface area contributed by atoms with Crippen molar-refractivity contribution in [1.29, 1.82) is 0 Å². The molecule has 0 aliphatic rings. The summed E-state index contributed by atoms with van der Waals surface area (Å²) in [6, 6.07) is 28.2. The monoisotopic (exact) mass is 417 g/mol. The lowest BCUT2D eigenvalue weighted by molar-refractivity contribution is 0.670. The highest BCUT2D eigenvalue weighted by atomic mass is 28.3. The van der Waals surface area contributed by atoms with Crippen LogP contribution in [0.25, 0.3) is 54.7 Å². The molecule has 2 nitrogen and oxygen atoms in total. The van der Waals surface area contributed by atoms with E-state index >= 15 is 0 Å². The van der Waals surface area contributed by atoms with E-state index in [1.54, 1.807) is 0 Å². The van der Waals surface area contributed by atoms with Gasteiger partial charge < -0.3 is 4.42 Å². The van der Waals surface area contributed by atoms with Crippen molar-refractivity contribution in [2.24, 2.45) is 0 Å². The topological polar surface area (TPSA) is 26.0 Å². The molecule has 0 saturated heterocycles. The first kappa shape index (κ1) is 18.3. The van der Waals surface area contributed by atoms with Crippen molar-refractivity contribution in [1.82, 2.24) is 4.98 Å². The molecular formula is C28H23NOSi. The minimum atomic E-state index is -1.43. The first-order chi connectivity index (χ1) is 15.0. The van der Waals surface area contributed by atoms with Crippen LogP contribution in [0.3, 0.4) is 0 Å². The van der Waals surface area contributed by atoms with Crippen LogP contribution < -0.4 is 5.19 Å². The Morgan fingerprint density at radius 1 is 0.677 bits per heavy atom. The molecule has 0 atom stereocenters. The van der Waals surface area contributed by atoms with Gasteiger partial charge in [0.1, 0.15) is 11.2 Å². The van der Waals surface area contributed by atoms with Crippen LogP contribution in [0.4, 0.5) is 0 Å². The van der Waals surface area contributed by atoms with Gasteiger partial charge in [-0.2, -0.15) is 0 Å². The van der Waals surface area contributed by atoms with Gasteiger partial charge in [-0.3, -0.25) is 4.98 Å². The van der Waals surface area contributed by atoms with E-state index in [4.69, 9.17) is 9.40 Å². The molecular weight excluding hydrogens is 394 g/mol. The molecule has 0 saturated carbocycles. The van der Waals surface area contributed by atoms with E-state index in [0.29, 0.717) is 0 Å². The largest absolute Gasteiger partial charge is 0.455 e. The van der Waals surface area contributed by atoms with Gasteiger partial charge in [-0.25, -0.2) is 0 Å². The van der Waals surface area contributed by atoms with Crippen LogP contribution in [0.5, 0.6) is 0 Å². The molecule has 6 rings (SSSR count). The van der Waals surface area contributed by atoms with Crippen molar-refractivity contribution in [2.45, 2.75) is 19.6 Å². The Morgan fingerprint density at radius 2 is 1.48 bits per heavy atom. The highest BCUT2D eigenvalue weighted by molar-refractivity contribution is 6.88. The summed E-state index contributed by atoms with van der Waals surface area (Å²) in [6.07, 6.45) is 1.94. The van der Waals surface area contributed by atoms with Gasteiger partial charge in [0.2, 0.25) is 0 Å². The number of nitrogens with zero attached hydrogens (tertiary/aromatic N) is 1. The molecule has 0 aliphatic carbocycles. The molecule has 0 bridgehead atoms. The Morgan fingerprint density at radius 3 is 2.35 bits per heavy atom. The second-order valence-electron chi connectivity index (χ2n) is 9.32. The number of aromatic nitrogens is 1. The highest BCUT2D eigenvalue weighted by Crippen LogP contribution is 2.38. The molecule has 150 valence electrons. The van der Waals surface area contributed by atoms with Gasteiger partial charge in [0.05, 0.1) is 13.8 Å². The number of para-hydroxylation sites is 1. The van der Waals surface area contributed by atoms with Crippen molar-refractivity contribution in [2.75, 3.05) is 0 Å². The number of benzene rings is 4. The van der Waals surface area contributed by atoms with Crippen molar-refractivity contribution in [3.8, 4) is 11.3 Å². The van der Waals surface area contributed by atoms with Crippen LogP contribution in [-0.2, 0) is 0 Å². The number of fused-ring (bicyclic) bond motifs is 6. The maximum atomic E-state index is 6.49. The smallest absolute Gasteiger partial charge is 0.144 e. The van der Waals surface area contributed by atoms with Crippen LogP contribution in [0.2, 0.25) is 19.6 Å². The maximum absolute atomic E-state index is 6.49. The normalized spacial score (nSPS) is 12.4. The third kappa shape index (κ3) is 2.88. The van der Waals surface area contributed by atoms with Gasteiger partial charge in [0.15, 0.2) is 0 Å². The van der Waals surface area contributed by atoms with Crippen LogP contribution in [0.15, 0.2) is 89.5 Å². The molecule has 0 unspecified atom stereocenters. The minimum absolute atomic E-state index is 0.914. The Labute approximate surface area is 182 Å². The SMILES string of the molecule is C[Si](C)(C)c1ccnc(-c2cccc3c2oc2cc4c(ccc5ccccc54)cc23)c1. The number of hydrogen-bond donors (Lipinski definition) is 0. The summed E-state index contributed by atoms with van der Waals surface area (Å²) in [6.45, 7) is 7.09. The second kappa shape index (κ2) is 6.53. The van der Waals surface area contributed by atoms with E-state index in [2.05, 4.69) is 98.5 Å². The fourth-order valence-electron chi connectivity index (χ4n) is 4.54. The van der Waals surface area contributed by atoms with Gasteiger partial charge in [0, 0.05) is 22.5 Å². The van der Waals surface area contributed by atoms with Crippen LogP contribution in [0.1, 0.15) is 0 Å². The molecule has 2 aromatic heterocycles. The predicted molar refractivity (Wildman–Crippen MR) is 135 cm³/mol. The zero-order valence-electron chi connectivity index (χ0n) is 17.9. The van der Waals surface area contributed by atoms with E-state index < -0.39 is 8.07 Å². The fraction of sp³-hybridized carbons (Fsp3) is 0.107. The first-order valence-electron chi connectivity index (χ1n) is 10.7. The Balaban J connectivity index is 1.65. The zero-order chi connectivity index (χ0) is 21.2. The summed E-state index contributed by atoms with van der Waals surface area (Å²) in [4.78, 5) is 4.70. The summed E-state index contributed by atoms with van der Waals surface area (Å²) in [7, 11) is -1.43. The third-order valence-electron chi connectivity index (χ3n) is 6.26. The lowest BCUT2D eigenvalue weighted by Gasteiger charge is -2.17. The van der Waals surface area contributed by atoms with Crippen molar-refractivity contribution in [3.63, 3.8) is 0 Å². The van der Waals surface area contributed by atoms with Gasteiger partial charge in [-0.15, -0.1) is 0 Å². The first-order valence-corrected chi connectivity index (χ1v) is 14.2. The van der Waals surface area contributed by atoms with Gasteiger partial charge in [-0.1, -0.05) is 73.4 Å². The standard InChI is InChI=1S/C28H23NOSi/c1-31(2,3)20-13-14-29-26(16-20)23-10-6-9-22-25-15-19-12-11-18-7-4-5-8-21(18)24(19)17-27(25)30-28(22)23/h4-17H,1-3H3. The summed E-state index contributed by atoms with van der Waals surface area (Å²) < 4.78 is 6.49. The zero-order valence-corrected chi connectivity index (χ0v) is 18.9. The molecule has 3 heteroatoms. The molecule has 6 aromatic rings. The number of hydrogen-bond acceptors (Lipinski definition) is 2. The quantitative estimate of drug-likeness (QED) is 0.215. The summed E-state index contributed by atoms with van der Waals surface area (Å²) in [5.74, 6) is 0.